The second-order valence-electron chi connectivity index (χ2n) is 6.01. The Labute approximate surface area is 160 Å². The summed E-state index contributed by atoms with van der Waals surface area (Å²) in [5.41, 5.74) is 3.03. The minimum atomic E-state index is -0.853. The Morgan fingerprint density at radius 3 is 2.74 bits per heavy atom. The molecule has 0 aromatic heterocycles. The molecule has 140 valence electrons. The minimum absolute atomic E-state index is 0.0191. The van der Waals surface area contributed by atoms with E-state index < -0.39 is 11.8 Å². The molecule has 1 fully saturated rings. The Morgan fingerprint density at radius 2 is 2.00 bits per heavy atom. The van der Waals surface area contributed by atoms with Crippen LogP contribution < -0.4 is 15.5 Å². The highest BCUT2D eigenvalue weighted by molar-refractivity contribution is 6.35. The third-order valence-electron chi connectivity index (χ3n) is 3.80. The number of carbonyl (C=O) groups excluding carboxylic acids is 2. The van der Waals surface area contributed by atoms with Crippen molar-refractivity contribution in [2.75, 3.05) is 0 Å². The first-order valence-electron chi connectivity index (χ1n) is 8.32. The summed E-state index contributed by atoms with van der Waals surface area (Å²) >= 11 is 5.99. The summed E-state index contributed by atoms with van der Waals surface area (Å²) in [5.74, 6) is -1.54. The standard InChI is InChI=1S/C19H17ClFN3O3/c20-14-5-8-17(27-11-12-3-1-2-4-16(12)21)13(9-14)10-22-24-19(26)18(25)23-15-6-7-15/h1-5,8-10,15H,6-7,11H2,(H,23,25)(H,24,26)/b22-10-. The van der Waals surface area contributed by atoms with E-state index in [2.05, 4.69) is 15.8 Å². The maximum Gasteiger partial charge on any atom is 0.329 e. The highest BCUT2D eigenvalue weighted by Gasteiger charge is 2.26. The minimum Gasteiger partial charge on any atom is -0.488 e. The quantitative estimate of drug-likeness (QED) is 0.453. The van der Waals surface area contributed by atoms with Crippen molar-refractivity contribution in [1.29, 1.82) is 0 Å². The maximum absolute atomic E-state index is 13.7. The summed E-state index contributed by atoms with van der Waals surface area (Å²) in [6.07, 6.45) is 3.08. The van der Waals surface area contributed by atoms with Gasteiger partial charge in [-0.3, -0.25) is 9.59 Å². The molecular weight excluding hydrogens is 373 g/mol. The van der Waals surface area contributed by atoms with Crippen molar-refractivity contribution in [3.63, 3.8) is 0 Å². The zero-order valence-corrected chi connectivity index (χ0v) is 15.0. The predicted molar refractivity (Wildman–Crippen MR) is 99.1 cm³/mol. The molecule has 0 saturated heterocycles. The largest absolute Gasteiger partial charge is 0.488 e. The van der Waals surface area contributed by atoms with E-state index in [1.165, 1.54) is 12.3 Å². The van der Waals surface area contributed by atoms with Gasteiger partial charge in [-0.15, -0.1) is 0 Å². The summed E-state index contributed by atoms with van der Waals surface area (Å²) in [5, 5.41) is 6.76. The van der Waals surface area contributed by atoms with Gasteiger partial charge in [-0.05, 0) is 37.1 Å². The van der Waals surface area contributed by atoms with Crippen LogP contribution in [0.2, 0.25) is 5.02 Å². The summed E-state index contributed by atoms with van der Waals surface area (Å²) in [4.78, 5) is 23.2. The van der Waals surface area contributed by atoms with Gasteiger partial charge >= 0.3 is 11.8 Å². The van der Waals surface area contributed by atoms with Crippen LogP contribution in [-0.2, 0) is 16.2 Å². The number of hydrogen-bond donors (Lipinski definition) is 2. The highest BCUT2D eigenvalue weighted by atomic mass is 35.5. The molecule has 2 amide bonds. The van der Waals surface area contributed by atoms with Crippen LogP contribution in [0.25, 0.3) is 0 Å². The van der Waals surface area contributed by atoms with Gasteiger partial charge in [0.15, 0.2) is 0 Å². The van der Waals surface area contributed by atoms with E-state index in [4.69, 9.17) is 16.3 Å². The molecule has 0 unspecified atom stereocenters. The summed E-state index contributed by atoms with van der Waals surface area (Å²) < 4.78 is 19.3. The lowest BCUT2D eigenvalue weighted by atomic mass is 10.2. The SMILES string of the molecule is O=C(N/N=C\c1cc(Cl)ccc1OCc1ccccc1F)C(=O)NC1CC1. The fraction of sp³-hybridized carbons (Fsp3) is 0.211. The van der Waals surface area contributed by atoms with Gasteiger partial charge in [0.2, 0.25) is 0 Å². The lowest BCUT2D eigenvalue weighted by molar-refractivity contribution is -0.139. The Balaban J connectivity index is 1.63. The van der Waals surface area contributed by atoms with Gasteiger partial charge in [0.1, 0.15) is 18.2 Å². The van der Waals surface area contributed by atoms with Gasteiger partial charge in [-0.1, -0.05) is 29.8 Å². The van der Waals surface area contributed by atoms with Gasteiger partial charge in [0.05, 0.1) is 6.21 Å². The second kappa shape index (κ2) is 8.64. The maximum atomic E-state index is 13.7. The monoisotopic (exact) mass is 389 g/mol. The van der Waals surface area contributed by atoms with Crippen molar-refractivity contribution in [2.24, 2.45) is 5.10 Å². The number of nitrogens with zero attached hydrogens (tertiary/aromatic N) is 1. The van der Waals surface area contributed by atoms with E-state index in [0.29, 0.717) is 21.9 Å². The lowest BCUT2D eigenvalue weighted by Crippen LogP contribution is -2.38. The molecule has 2 N–H and O–H groups in total. The molecule has 0 spiro atoms. The molecule has 0 bridgehead atoms. The normalized spacial score (nSPS) is 13.4. The average Bonchev–Trinajstić information content (AvgIpc) is 3.46. The molecule has 1 aliphatic carbocycles. The number of hydrazone groups is 1. The summed E-state index contributed by atoms with van der Waals surface area (Å²) in [6, 6.07) is 11.2. The van der Waals surface area contributed by atoms with Crippen molar-refractivity contribution in [1.82, 2.24) is 10.7 Å². The first kappa shape index (κ1) is 18.8. The number of benzene rings is 2. The first-order valence-corrected chi connectivity index (χ1v) is 8.70. The molecule has 1 aliphatic rings. The van der Waals surface area contributed by atoms with E-state index >= 15 is 0 Å². The fourth-order valence-corrected chi connectivity index (χ4v) is 2.39. The van der Waals surface area contributed by atoms with E-state index in [1.54, 1.807) is 36.4 Å². The Kier molecular flexibility index (Phi) is 6.03. The molecule has 1 saturated carbocycles. The van der Waals surface area contributed by atoms with Gasteiger partial charge in [-0.2, -0.15) is 5.10 Å². The zero-order chi connectivity index (χ0) is 19.2. The predicted octanol–water partition coefficient (Wildman–Crippen LogP) is 2.79. The number of ether oxygens (including phenoxy) is 1. The van der Waals surface area contributed by atoms with Crippen LogP contribution in [0.4, 0.5) is 4.39 Å². The Morgan fingerprint density at radius 1 is 1.22 bits per heavy atom. The molecule has 0 radical (unpaired) electrons. The van der Waals surface area contributed by atoms with Gasteiger partial charge in [0, 0.05) is 22.2 Å². The van der Waals surface area contributed by atoms with Crippen LogP contribution in [0.1, 0.15) is 24.0 Å². The van der Waals surface area contributed by atoms with Crippen LogP contribution in [0.15, 0.2) is 47.6 Å². The molecule has 6 nitrogen and oxygen atoms in total. The van der Waals surface area contributed by atoms with Crippen LogP contribution in [0.3, 0.4) is 0 Å². The number of rotatable bonds is 6. The summed E-state index contributed by atoms with van der Waals surface area (Å²) in [6.45, 7) is 0.0191. The Bertz CT molecular complexity index is 884. The van der Waals surface area contributed by atoms with Crippen molar-refractivity contribution in [3.8, 4) is 5.75 Å². The molecule has 3 rings (SSSR count). The number of halogens is 2. The van der Waals surface area contributed by atoms with Crippen LogP contribution in [0, 0.1) is 5.82 Å². The topological polar surface area (TPSA) is 79.8 Å². The number of amides is 2. The highest BCUT2D eigenvalue weighted by Crippen LogP contribution is 2.23. The van der Waals surface area contributed by atoms with Crippen LogP contribution in [0.5, 0.6) is 5.75 Å². The van der Waals surface area contributed by atoms with Crippen molar-refractivity contribution < 1.29 is 18.7 Å². The lowest BCUT2D eigenvalue weighted by Gasteiger charge is -2.10. The zero-order valence-electron chi connectivity index (χ0n) is 14.2. The first-order chi connectivity index (χ1) is 13.0. The smallest absolute Gasteiger partial charge is 0.329 e. The fourth-order valence-electron chi connectivity index (χ4n) is 2.21. The molecule has 0 aliphatic heterocycles. The molecule has 27 heavy (non-hydrogen) atoms. The second-order valence-corrected chi connectivity index (χ2v) is 6.45. The molecule has 0 heterocycles. The van der Waals surface area contributed by atoms with E-state index in [1.807, 2.05) is 0 Å². The number of nitrogens with one attached hydrogen (secondary N) is 2. The molecule has 8 heteroatoms. The van der Waals surface area contributed by atoms with Crippen molar-refractivity contribution in [3.05, 3.63) is 64.4 Å². The van der Waals surface area contributed by atoms with Gasteiger partial charge in [0.25, 0.3) is 0 Å². The molecule has 2 aromatic rings. The van der Waals surface area contributed by atoms with Crippen LogP contribution in [-0.4, -0.2) is 24.1 Å². The van der Waals surface area contributed by atoms with Gasteiger partial charge in [-0.25, -0.2) is 9.82 Å². The Hall–Kier alpha value is -2.93. The third kappa shape index (κ3) is 5.52. The average molecular weight is 390 g/mol. The van der Waals surface area contributed by atoms with E-state index in [-0.39, 0.29) is 18.5 Å². The van der Waals surface area contributed by atoms with E-state index in [9.17, 15) is 14.0 Å². The molecular formula is C19H17ClFN3O3. The van der Waals surface area contributed by atoms with Crippen LogP contribution >= 0.6 is 11.6 Å². The third-order valence-corrected chi connectivity index (χ3v) is 4.04. The van der Waals surface area contributed by atoms with Crippen molar-refractivity contribution in [2.45, 2.75) is 25.5 Å². The number of carbonyl (C=O) groups is 2. The van der Waals surface area contributed by atoms with Crippen molar-refractivity contribution >= 4 is 29.6 Å². The molecule has 2 aromatic carbocycles. The number of hydrogen-bond acceptors (Lipinski definition) is 4. The van der Waals surface area contributed by atoms with Gasteiger partial charge < -0.3 is 10.1 Å². The van der Waals surface area contributed by atoms with E-state index in [0.717, 1.165) is 12.8 Å². The molecule has 0 atom stereocenters. The summed E-state index contributed by atoms with van der Waals surface area (Å²) in [7, 11) is 0.